The van der Waals surface area contributed by atoms with Crippen LogP contribution in [0.15, 0.2) is 24.3 Å². The van der Waals surface area contributed by atoms with Crippen LogP contribution in [0.3, 0.4) is 0 Å². The molecule has 2 heteroatoms. The molecule has 0 unspecified atom stereocenters. The zero-order valence-electron chi connectivity index (χ0n) is 11.2. The van der Waals surface area contributed by atoms with Gasteiger partial charge in [-0.2, -0.15) is 0 Å². The number of hydrogen-bond acceptors (Lipinski definition) is 2. The van der Waals surface area contributed by atoms with Crippen LogP contribution in [0.4, 0.5) is 0 Å². The van der Waals surface area contributed by atoms with Crippen molar-refractivity contribution in [2.45, 2.75) is 44.9 Å². The molecule has 18 heavy (non-hydrogen) atoms. The minimum atomic E-state index is 0.282. The van der Waals surface area contributed by atoms with E-state index in [0.29, 0.717) is 12.3 Å². The van der Waals surface area contributed by atoms with Gasteiger partial charge in [-0.1, -0.05) is 38.5 Å². The molecule has 0 aliphatic heterocycles. The van der Waals surface area contributed by atoms with Gasteiger partial charge in [0.25, 0.3) is 0 Å². The van der Waals surface area contributed by atoms with Crippen molar-refractivity contribution in [3.05, 3.63) is 29.8 Å². The van der Waals surface area contributed by atoms with Crippen molar-refractivity contribution >= 4 is 5.78 Å². The SMILES string of the molecule is COc1ccc(C(=O)CC2CCCCCC2)cc1. The van der Waals surface area contributed by atoms with Gasteiger partial charge in [0.15, 0.2) is 5.78 Å². The third kappa shape index (κ3) is 3.59. The Hall–Kier alpha value is -1.31. The molecule has 0 atom stereocenters. The number of rotatable bonds is 4. The quantitative estimate of drug-likeness (QED) is 0.586. The van der Waals surface area contributed by atoms with E-state index in [1.54, 1.807) is 7.11 Å². The molecule has 1 fully saturated rings. The maximum atomic E-state index is 12.2. The van der Waals surface area contributed by atoms with Crippen LogP contribution in [-0.2, 0) is 0 Å². The van der Waals surface area contributed by atoms with E-state index in [2.05, 4.69) is 0 Å². The standard InChI is InChI=1S/C16H22O2/c1-18-15-10-8-14(9-11-15)16(17)12-13-6-4-2-3-5-7-13/h8-11,13H,2-7,12H2,1H3. The molecule has 0 saturated heterocycles. The number of hydrogen-bond donors (Lipinski definition) is 0. The van der Waals surface area contributed by atoms with E-state index in [4.69, 9.17) is 4.74 Å². The molecule has 0 heterocycles. The number of carbonyl (C=O) groups excluding carboxylic acids is 1. The highest BCUT2D eigenvalue weighted by atomic mass is 16.5. The highest BCUT2D eigenvalue weighted by molar-refractivity contribution is 5.96. The minimum Gasteiger partial charge on any atom is -0.497 e. The van der Waals surface area contributed by atoms with Crippen LogP contribution in [0.1, 0.15) is 55.3 Å². The maximum Gasteiger partial charge on any atom is 0.163 e. The van der Waals surface area contributed by atoms with Crippen molar-refractivity contribution in [3.63, 3.8) is 0 Å². The lowest BCUT2D eigenvalue weighted by molar-refractivity contribution is 0.0957. The number of Topliss-reactive ketones (excluding diaryl/α,β-unsaturated/α-hetero) is 1. The summed E-state index contributed by atoms with van der Waals surface area (Å²) in [5, 5.41) is 0. The van der Waals surface area contributed by atoms with Crippen molar-refractivity contribution in [3.8, 4) is 5.75 Å². The van der Waals surface area contributed by atoms with E-state index in [1.165, 1.54) is 38.5 Å². The normalized spacial score (nSPS) is 17.2. The molecule has 0 radical (unpaired) electrons. The Labute approximate surface area is 109 Å². The summed E-state index contributed by atoms with van der Waals surface area (Å²) in [4.78, 5) is 12.2. The molecule has 0 spiro atoms. The summed E-state index contributed by atoms with van der Waals surface area (Å²) in [5.74, 6) is 1.69. The first-order chi connectivity index (χ1) is 8.79. The van der Waals surface area contributed by atoms with E-state index in [1.807, 2.05) is 24.3 Å². The molecule has 0 amide bonds. The topological polar surface area (TPSA) is 26.3 Å². The monoisotopic (exact) mass is 246 g/mol. The molecule has 1 aromatic rings. The lowest BCUT2D eigenvalue weighted by atomic mass is 9.92. The largest absolute Gasteiger partial charge is 0.497 e. The molecule has 0 N–H and O–H groups in total. The summed E-state index contributed by atoms with van der Waals surface area (Å²) < 4.78 is 5.10. The third-order valence-electron chi connectivity index (χ3n) is 3.86. The summed E-state index contributed by atoms with van der Waals surface area (Å²) in [6.07, 6.45) is 8.43. The molecule has 1 aromatic carbocycles. The van der Waals surface area contributed by atoms with E-state index >= 15 is 0 Å². The average Bonchev–Trinajstić information content (AvgIpc) is 2.67. The highest BCUT2D eigenvalue weighted by Gasteiger charge is 2.17. The van der Waals surface area contributed by atoms with Crippen LogP contribution in [-0.4, -0.2) is 12.9 Å². The van der Waals surface area contributed by atoms with E-state index in [0.717, 1.165) is 11.3 Å². The molecule has 0 aromatic heterocycles. The van der Waals surface area contributed by atoms with Crippen molar-refractivity contribution < 1.29 is 9.53 Å². The van der Waals surface area contributed by atoms with Gasteiger partial charge >= 0.3 is 0 Å². The fraction of sp³-hybridized carbons (Fsp3) is 0.562. The first-order valence-corrected chi connectivity index (χ1v) is 6.97. The Balaban J connectivity index is 1.93. The number of ether oxygens (including phenoxy) is 1. The molecule has 2 nitrogen and oxygen atoms in total. The molecule has 0 bridgehead atoms. The van der Waals surface area contributed by atoms with Crippen LogP contribution >= 0.6 is 0 Å². The van der Waals surface area contributed by atoms with Crippen molar-refractivity contribution in [2.75, 3.05) is 7.11 Å². The number of methoxy groups -OCH3 is 1. The van der Waals surface area contributed by atoms with E-state index in [-0.39, 0.29) is 5.78 Å². The Morgan fingerprint density at radius 2 is 1.72 bits per heavy atom. The van der Waals surface area contributed by atoms with Gasteiger partial charge in [-0.15, -0.1) is 0 Å². The smallest absolute Gasteiger partial charge is 0.163 e. The fourth-order valence-corrected chi connectivity index (χ4v) is 2.72. The van der Waals surface area contributed by atoms with Gasteiger partial charge in [-0.3, -0.25) is 4.79 Å². The maximum absolute atomic E-state index is 12.2. The molecule has 1 aliphatic rings. The van der Waals surface area contributed by atoms with Crippen LogP contribution in [0, 0.1) is 5.92 Å². The van der Waals surface area contributed by atoms with Gasteiger partial charge in [-0.05, 0) is 30.2 Å². The Bertz CT molecular complexity index is 373. The van der Waals surface area contributed by atoms with Gasteiger partial charge < -0.3 is 4.74 Å². The summed E-state index contributed by atoms with van der Waals surface area (Å²) >= 11 is 0. The second-order valence-corrected chi connectivity index (χ2v) is 5.21. The Morgan fingerprint density at radius 1 is 1.11 bits per heavy atom. The zero-order valence-corrected chi connectivity index (χ0v) is 11.2. The van der Waals surface area contributed by atoms with Gasteiger partial charge in [-0.25, -0.2) is 0 Å². The third-order valence-corrected chi connectivity index (χ3v) is 3.86. The molecule has 2 rings (SSSR count). The van der Waals surface area contributed by atoms with Crippen molar-refractivity contribution in [1.82, 2.24) is 0 Å². The van der Waals surface area contributed by atoms with E-state index < -0.39 is 0 Å². The van der Waals surface area contributed by atoms with Gasteiger partial charge in [0.1, 0.15) is 5.75 Å². The lowest BCUT2D eigenvalue weighted by Crippen LogP contribution is -2.08. The molecular weight excluding hydrogens is 224 g/mol. The minimum absolute atomic E-state index is 0.282. The summed E-state index contributed by atoms with van der Waals surface area (Å²) in [7, 11) is 1.64. The first kappa shape index (κ1) is 13.1. The number of ketones is 1. The molecule has 98 valence electrons. The molecule has 1 saturated carbocycles. The second kappa shape index (κ2) is 6.58. The van der Waals surface area contributed by atoms with Crippen LogP contribution in [0.25, 0.3) is 0 Å². The second-order valence-electron chi connectivity index (χ2n) is 5.21. The Morgan fingerprint density at radius 3 is 2.28 bits per heavy atom. The first-order valence-electron chi connectivity index (χ1n) is 6.97. The summed E-state index contributed by atoms with van der Waals surface area (Å²) in [6.45, 7) is 0. The van der Waals surface area contributed by atoms with Crippen LogP contribution in [0.2, 0.25) is 0 Å². The van der Waals surface area contributed by atoms with Gasteiger partial charge in [0.05, 0.1) is 7.11 Å². The van der Waals surface area contributed by atoms with Crippen LogP contribution < -0.4 is 4.74 Å². The molecular formula is C16H22O2. The van der Waals surface area contributed by atoms with E-state index in [9.17, 15) is 4.79 Å². The van der Waals surface area contributed by atoms with Crippen molar-refractivity contribution in [1.29, 1.82) is 0 Å². The van der Waals surface area contributed by atoms with Crippen molar-refractivity contribution in [2.24, 2.45) is 5.92 Å². The predicted octanol–water partition coefficient (Wildman–Crippen LogP) is 4.24. The fourth-order valence-electron chi connectivity index (χ4n) is 2.72. The lowest BCUT2D eigenvalue weighted by Gasteiger charge is -2.12. The summed E-state index contributed by atoms with van der Waals surface area (Å²) in [5.41, 5.74) is 0.819. The predicted molar refractivity (Wildman–Crippen MR) is 73.1 cm³/mol. The van der Waals surface area contributed by atoms with Crippen LogP contribution in [0.5, 0.6) is 5.75 Å². The Kier molecular flexibility index (Phi) is 4.80. The number of carbonyl (C=O) groups is 1. The van der Waals surface area contributed by atoms with Gasteiger partial charge in [0.2, 0.25) is 0 Å². The zero-order chi connectivity index (χ0) is 12.8. The molecule has 1 aliphatic carbocycles. The number of benzene rings is 1. The van der Waals surface area contributed by atoms with Gasteiger partial charge in [0, 0.05) is 12.0 Å². The summed E-state index contributed by atoms with van der Waals surface area (Å²) in [6, 6.07) is 7.47. The highest BCUT2D eigenvalue weighted by Crippen LogP contribution is 2.26. The average molecular weight is 246 g/mol.